The van der Waals surface area contributed by atoms with Crippen molar-refractivity contribution in [1.29, 1.82) is 0 Å². The average Bonchev–Trinajstić information content (AvgIpc) is 2.47. The van der Waals surface area contributed by atoms with Gasteiger partial charge in [0, 0.05) is 10.9 Å². The number of carboxylic acids is 1. The predicted molar refractivity (Wildman–Crippen MR) is 66.6 cm³/mol. The topological polar surface area (TPSA) is 63.3 Å². The Morgan fingerprint density at radius 1 is 1.62 bits per heavy atom. The molecule has 0 saturated carbocycles. The summed E-state index contributed by atoms with van der Waals surface area (Å²) in [5, 5.41) is 10.8. The van der Waals surface area contributed by atoms with Gasteiger partial charge in [0.15, 0.2) is 0 Å². The monoisotopic (exact) mass is 241 g/mol. The molecule has 0 radical (unpaired) electrons. The van der Waals surface area contributed by atoms with Gasteiger partial charge in [0.25, 0.3) is 0 Å². The lowest BCUT2D eigenvalue weighted by Gasteiger charge is -2.26. The number of thiophene rings is 1. The van der Waals surface area contributed by atoms with Crippen molar-refractivity contribution in [2.75, 3.05) is 0 Å². The fourth-order valence-corrected chi connectivity index (χ4v) is 2.86. The molecule has 1 aromatic rings. The Balaban J connectivity index is 2.67. The van der Waals surface area contributed by atoms with Crippen LogP contribution in [0.4, 0.5) is 0 Å². The average molecular weight is 241 g/mol. The zero-order valence-electron chi connectivity index (χ0n) is 9.99. The summed E-state index contributed by atoms with van der Waals surface area (Å²) in [4.78, 5) is 11.9. The summed E-state index contributed by atoms with van der Waals surface area (Å²) >= 11 is 1.64. The number of carbonyl (C=O) groups is 1. The lowest BCUT2D eigenvalue weighted by molar-refractivity contribution is -0.139. The van der Waals surface area contributed by atoms with Crippen molar-refractivity contribution in [3.8, 4) is 0 Å². The Kier molecular flexibility index (Phi) is 4.10. The standard InChI is InChI=1S/C12H19NO2S/c1-8-4-5-16-11(8)9(13)6-12(2,3)7-10(14)15/h4-5,9H,6-7,13H2,1-3H3,(H,14,15). The molecule has 1 atom stereocenters. The fraction of sp³-hybridized carbons (Fsp3) is 0.583. The van der Waals surface area contributed by atoms with Crippen LogP contribution in [0.2, 0.25) is 0 Å². The summed E-state index contributed by atoms with van der Waals surface area (Å²) in [6.45, 7) is 5.93. The van der Waals surface area contributed by atoms with Crippen LogP contribution in [0.5, 0.6) is 0 Å². The third-order valence-electron chi connectivity index (χ3n) is 2.64. The highest BCUT2D eigenvalue weighted by Crippen LogP contribution is 2.34. The highest BCUT2D eigenvalue weighted by molar-refractivity contribution is 7.10. The van der Waals surface area contributed by atoms with Crippen molar-refractivity contribution in [3.63, 3.8) is 0 Å². The van der Waals surface area contributed by atoms with Gasteiger partial charge in [-0.2, -0.15) is 0 Å². The SMILES string of the molecule is Cc1ccsc1C(N)CC(C)(C)CC(=O)O. The molecule has 0 aliphatic carbocycles. The molecular weight excluding hydrogens is 222 g/mol. The van der Waals surface area contributed by atoms with E-state index in [1.807, 2.05) is 32.2 Å². The normalized spacial score (nSPS) is 13.8. The number of hydrogen-bond donors (Lipinski definition) is 2. The Morgan fingerprint density at radius 2 is 2.25 bits per heavy atom. The Labute approximate surface area is 100 Å². The first-order valence-electron chi connectivity index (χ1n) is 5.33. The lowest BCUT2D eigenvalue weighted by Crippen LogP contribution is -2.23. The van der Waals surface area contributed by atoms with Crippen molar-refractivity contribution in [1.82, 2.24) is 0 Å². The minimum atomic E-state index is -0.764. The van der Waals surface area contributed by atoms with Gasteiger partial charge in [-0.1, -0.05) is 13.8 Å². The lowest BCUT2D eigenvalue weighted by atomic mass is 9.82. The minimum absolute atomic E-state index is 0.0608. The molecule has 0 fully saturated rings. The highest BCUT2D eigenvalue weighted by atomic mass is 32.1. The summed E-state index contributed by atoms with van der Waals surface area (Å²) in [7, 11) is 0. The number of hydrogen-bond acceptors (Lipinski definition) is 3. The Bertz CT molecular complexity index is 371. The van der Waals surface area contributed by atoms with Crippen LogP contribution < -0.4 is 5.73 Å². The van der Waals surface area contributed by atoms with Crippen molar-refractivity contribution < 1.29 is 9.90 Å². The Hall–Kier alpha value is -0.870. The smallest absolute Gasteiger partial charge is 0.303 e. The summed E-state index contributed by atoms with van der Waals surface area (Å²) < 4.78 is 0. The van der Waals surface area contributed by atoms with Crippen LogP contribution in [0.15, 0.2) is 11.4 Å². The number of aliphatic carboxylic acids is 1. The van der Waals surface area contributed by atoms with E-state index in [2.05, 4.69) is 0 Å². The molecular formula is C12H19NO2S. The van der Waals surface area contributed by atoms with E-state index < -0.39 is 5.97 Å². The maximum absolute atomic E-state index is 10.7. The second-order valence-electron chi connectivity index (χ2n) is 5.01. The van der Waals surface area contributed by atoms with Crippen LogP contribution >= 0.6 is 11.3 Å². The first kappa shape index (κ1) is 13.2. The first-order valence-corrected chi connectivity index (χ1v) is 6.21. The molecule has 3 N–H and O–H groups in total. The number of nitrogens with two attached hydrogens (primary N) is 1. The second kappa shape index (κ2) is 4.97. The van der Waals surface area contributed by atoms with Gasteiger partial charge in [-0.15, -0.1) is 11.3 Å². The summed E-state index contributed by atoms with van der Waals surface area (Å²) in [6, 6.07) is 1.98. The molecule has 3 nitrogen and oxygen atoms in total. The molecule has 4 heteroatoms. The molecule has 16 heavy (non-hydrogen) atoms. The largest absolute Gasteiger partial charge is 0.481 e. The van der Waals surface area contributed by atoms with Crippen LogP contribution in [-0.4, -0.2) is 11.1 Å². The molecule has 1 heterocycles. The number of carboxylic acid groups (broad SMARTS) is 1. The van der Waals surface area contributed by atoms with Crippen LogP contribution in [0.25, 0.3) is 0 Å². The van der Waals surface area contributed by atoms with Gasteiger partial charge < -0.3 is 10.8 Å². The van der Waals surface area contributed by atoms with Crippen molar-refractivity contribution in [2.24, 2.45) is 11.1 Å². The van der Waals surface area contributed by atoms with Crippen LogP contribution in [0.3, 0.4) is 0 Å². The van der Waals surface area contributed by atoms with Gasteiger partial charge >= 0.3 is 5.97 Å². The zero-order valence-corrected chi connectivity index (χ0v) is 10.8. The predicted octanol–water partition coefficient (Wildman–Crippen LogP) is 2.95. The molecule has 0 aliphatic rings. The molecule has 0 aromatic carbocycles. The molecule has 0 saturated heterocycles. The third-order valence-corrected chi connectivity index (χ3v) is 3.79. The van der Waals surface area contributed by atoms with Gasteiger partial charge in [0.1, 0.15) is 0 Å². The van der Waals surface area contributed by atoms with Crippen LogP contribution in [0, 0.1) is 12.3 Å². The van der Waals surface area contributed by atoms with Crippen molar-refractivity contribution >= 4 is 17.3 Å². The summed E-state index contributed by atoms with van der Waals surface area (Å²) in [5.74, 6) is -0.764. The molecule has 0 bridgehead atoms. The Morgan fingerprint density at radius 3 is 2.69 bits per heavy atom. The zero-order chi connectivity index (χ0) is 12.3. The first-order chi connectivity index (χ1) is 7.32. The summed E-state index contributed by atoms with van der Waals surface area (Å²) in [6.07, 6.45) is 0.853. The van der Waals surface area contributed by atoms with Gasteiger partial charge in [-0.25, -0.2) is 0 Å². The highest BCUT2D eigenvalue weighted by Gasteiger charge is 2.26. The van der Waals surface area contributed by atoms with E-state index in [-0.39, 0.29) is 17.9 Å². The number of aryl methyl sites for hydroxylation is 1. The molecule has 1 unspecified atom stereocenters. The fourth-order valence-electron chi connectivity index (χ4n) is 1.93. The van der Waals surface area contributed by atoms with Gasteiger partial charge in [0.05, 0.1) is 6.42 Å². The molecule has 0 spiro atoms. The van der Waals surface area contributed by atoms with Crippen LogP contribution in [0.1, 0.15) is 43.2 Å². The van der Waals surface area contributed by atoms with E-state index in [9.17, 15) is 4.79 Å². The van der Waals surface area contributed by atoms with Gasteiger partial charge in [-0.3, -0.25) is 4.79 Å². The molecule has 0 aliphatic heterocycles. The maximum atomic E-state index is 10.7. The van der Waals surface area contributed by atoms with E-state index in [0.717, 1.165) is 0 Å². The van der Waals surface area contributed by atoms with E-state index in [0.29, 0.717) is 6.42 Å². The van der Waals surface area contributed by atoms with E-state index in [4.69, 9.17) is 10.8 Å². The van der Waals surface area contributed by atoms with E-state index >= 15 is 0 Å². The van der Waals surface area contributed by atoms with E-state index in [1.165, 1.54) is 10.4 Å². The maximum Gasteiger partial charge on any atom is 0.303 e. The molecule has 90 valence electrons. The minimum Gasteiger partial charge on any atom is -0.481 e. The molecule has 0 amide bonds. The van der Waals surface area contributed by atoms with E-state index in [1.54, 1.807) is 11.3 Å². The summed E-state index contributed by atoms with van der Waals surface area (Å²) in [5.41, 5.74) is 7.06. The van der Waals surface area contributed by atoms with Crippen LogP contribution in [-0.2, 0) is 4.79 Å². The van der Waals surface area contributed by atoms with Gasteiger partial charge in [-0.05, 0) is 35.8 Å². The van der Waals surface area contributed by atoms with Gasteiger partial charge in [0.2, 0.25) is 0 Å². The molecule has 1 rings (SSSR count). The number of rotatable bonds is 5. The van der Waals surface area contributed by atoms with Crippen molar-refractivity contribution in [2.45, 2.75) is 39.7 Å². The quantitative estimate of drug-likeness (QED) is 0.833. The van der Waals surface area contributed by atoms with Crippen molar-refractivity contribution in [3.05, 3.63) is 21.9 Å². The third kappa shape index (κ3) is 3.61. The second-order valence-corrected chi connectivity index (χ2v) is 5.96. The molecule has 1 aromatic heterocycles.